The van der Waals surface area contributed by atoms with Gasteiger partial charge in [-0.05, 0) is 18.2 Å². The zero-order valence-corrected chi connectivity index (χ0v) is 7.19. The van der Waals surface area contributed by atoms with Crippen LogP contribution < -0.4 is 0 Å². The monoisotopic (exact) mass is 142 g/mol. The molecule has 0 unspecified atom stereocenters. The van der Waals surface area contributed by atoms with Crippen LogP contribution in [0.15, 0.2) is 0 Å². The van der Waals surface area contributed by atoms with E-state index >= 15 is 0 Å². The maximum Gasteiger partial charge on any atom is 0.0272 e. The average Bonchev–Trinajstić information content (AvgIpc) is 2.06. The molecular formula is C10H20. The molecule has 0 atom stereocenters. The summed E-state index contributed by atoms with van der Waals surface area (Å²) in [6.07, 6.45) is 5.05. The first-order valence-corrected chi connectivity index (χ1v) is 4.55. The van der Waals surface area contributed by atoms with Crippen LogP contribution in [0.3, 0.4) is 0 Å². The van der Waals surface area contributed by atoms with E-state index in [1.807, 2.05) is 13.8 Å². The highest BCUT2D eigenvalue weighted by atomic mass is 14.2. The van der Waals surface area contributed by atoms with Gasteiger partial charge in [-0.1, -0.05) is 46.0 Å². The summed E-state index contributed by atoms with van der Waals surface area (Å²) >= 11 is 0. The van der Waals surface area contributed by atoms with E-state index < -0.39 is 6.37 Å². The Labute approximate surface area is 67.8 Å². The van der Waals surface area contributed by atoms with Crippen molar-refractivity contribution in [3.63, 3.8) is 0 Å². The fourth-order valence-corrected chi connectivity index (χ4v) is 1.74. The summed E-state index contributed by atoms with van der Waals surface area (Å²) in [4.78, 5) is 0. The molecule has 0 saturated heterocycles. The third-order valence-electron chi connectivity index (χ3n) is 2.17. The molecule has 0 amide bonds. The Kier molecular flexibility index (Phi) is 2.25. The lowest BCUT2D eigenvalue weighted by atomic mass is 9.84. The molecule has 0 aromatic heterocycles. The molecule has 1 aliphatic carbocycles. The van der Waals surface area contributed by atoms with Crippen LogP contribution >= 0.6 is 0 Å². The fourth-order valence-electron chi connectivity index (χ4n) is 1.74. The molecule has 0 heterocycles. The van der Waals surface area contributed by atoms with Crippen molar-refractivity contribution in [2.24, 2.45) is 11.8 Å². The van der Waals surface area contributed by atoms with Gasteiger partial charge in [-0.3, -0.25) is 0 Å². The van der Waals surface area contributed by atoms with Crippen LogP contribution in [0, 0.1) is 11.8 Å². The van der Waals surface area contributed by atoms with Crippen molar-refractivity contribution in [2.75, 3.05) is 0 Å². The Morgan fingerprint density at radius 3 is 2.40 bits per heavy atom. The third kappa shape index (κ3) is 2.72. The summed E-state index contributed by atoms with van der Waals surface area (Å²) in [7, 11) is 0. The summed E-state index contributed by atoms with van der Waals surface area (Å²) in [5.41, 5.74) is 0. The lowest BCUT2D eigenvalue weighted by molar-refractivity contribution is 0.305. The van der Waals surface area contributed by atoms with E-state index in [0.717, 1.165) is 12.8 Å². The molecule has 10 heavy (non-hydrogen) atoms. The van der Waals surface area contributed by atoms with E-state index in [2.05, 4.69) is 0 Å². The normalized spacial score (nSPS) is 26.3. The summed E-state index contributed by atoms with van der Waals surface area (Å²) < 4.78 is 15.9. The van der Waals surface area contributed by atoms with Gasteiger partial charge in [-0.2, -0.15) is 0 Å². The van der Waals surface area contributed by atoms with Gasteiger partial charge >= 0.3 is 0 Å². The smallest absolute Gasteiger partial charge is 0.0272 e. The Bertz CT molecular complexity index is 135. The molecule has 0 bridgehead atoms. The van der Waals surface area contributed by atoms with Crippen molar-refractivity contribution < 1.29 is 2.74 Å². The van der Waals surface area contributed by atoms with Crippen molar-refractivity contribution in [2.45, 2.75) is 52.3 Å². The van der Waals surface area contributed by atoms with Gasteiger partial charge < -0.3 is 0 Å². The lowest BCUT2D eigenvalue weighted by Crippen LogP contribution is -2.08. The minimum Gasteiger partial charge on any atom is -0.0628 e. The molecule has 0 nitrogen and oxygen atoms in total. The molecule has 0 radical (unpaired) electrons. The first-order chi connectivity index (χ1) is 5.55. The quantitative estimate of drug-likeness (QED) is 0.552. The third-order valence-corrected chi connectivity index (χ3v) is 2.17. The molecule has 1 aliphatic rings. The average molecular weight is 142 g/mol. The summed E-state index contributed by atoms with van der Waals surface area (Å²) in [5.74, 6) is 0.492. The van der Waals surface area contributed by atoms with Gasteiger partial charge in [-0.15, -0.1) is 0 Å². The topological polar surface area (TPSA) is 0 Å². The van der Waals surface area contributed by atoms with E-state index in [1.54, 1.807) is 0 Å². The Hall–Kier alpha value is 0. The fraction of sp³-hybridized carbons (Fsp3) is 1.00. The molecule has 0 aliphatic heterocycles. The van der Waals surface area contributed by atoms with Crippen LogP contribution in [0.25, 0.3) is 0 Å². The second-order valence-electron chi connectivity index (χ2n) is 3.66. The van der Waals surface area contributed by atoms with Gasteiger partial charge in [0.05, 0.1) is 0 Å². The molecule has 0 heteroatoms. The Morgan fingerprint density at radius 2 is 1.90 bits per heavy atom. The zero-order chi connectivity index (χ0) is 9.19. The van der Waals surface area contributed by atoms with Crippen LogP contribution in [0.5, 0.6) is 0 Å². The molecule has 0 aromatic carbocycles. The molecule has 1 fully saturated rings. The predicted molar refractivity (Wildman–Crippen MR) is 46.0 cm³/mol. The SMILES string of the molecule is [2H]C([2H])(C(C)C)C1CCCCC1. The van der Waals surface area contributed by atoms with Crippen molar-refractivity contribution in [3.8, 4) is 0 Å². The van der Waals surface area contributed by atoms with Crippen LogP contribution in [0.1, 0.15) is 55.1 Å². The molecule has 0 spiro atoms. The van der Waals surface area contributed by atoms with Gasteiger partial charge in [0.2, 0.25) is 0 Å². The first kappa shape index (κ1) is 5.62. The van der Waals surface area contributed by atoms with E-state index in [-0.39, 0.29) is 5.92 Å². The first-order valence-electron chi connectivity index (χ1n) is 5.55. The number of rotatable bonds is 2. The zero-order valence-electron chi connectivity index (χ0n) is 9.19. The highest BCUT2D eigenvalue weighted by Crippen LogP contribution is 2.28. The molecule has 60 valence electrons. The highest BCUT2D eigenvalue weighted by molar-refractivity contribution is 4.66. The van der Waals surface area contributed by atoms with Crippen molar-refractivity contribution in [3.05, 3.63) is 0 Å². The largest absolute Gasteiger partial charge is 0.0628 e. The van der Waals surface area contributed by atoms with E-state index in [0.29, 0.717) is 5.92 Å². The minimum absolute atomic E-state index is 0.167. The minimum atomic E-state index is -0.930. The molecule has 1 saturated carbocycles. The number of hydrogen-bond donors (Lipinski definition) is 0. The van der Waals surface area contributed by atoms with E-state index in [4.69, 9.17) is 2.74 Å². The van der Waals surface area contributed by atoms with E-state index in [9.17, 15) is 0 Å². The molecule has 1 rings (SSSR count). The van der Waals surface area contributed by atoms with Gasteiger partial charge in [0.15, 0.2) is 0 Å². The maximum absolute atomic E-state index is 7.94. The van der Waals surface area contributed by atoms with Crippen LogP contribution in [0.2, 0.25) is 0 Å². The molecule has 0 aromatic rings. The predicted octanol–water partition coefficient (Wildman–Crippen LogP) is 3.61. The van der Waals surface area contributed by atoms with Gasteiger partial charge in [-0.25, -0.2) is 0 Å². The maximum atomic E-state index is 7.94. The van der Waals surface area contributed by atoms with Gasteiger partial charge in [0, 0.05) is 2.74 Å². The summed E-state index contributed by atoms with van der Waals surface area (Å²) in [6, 6.07) is 0. The van der Waals surface area contributed by atoms with Crippen LogP contribution in [-0.4, -0.2) is 0 Å². The molecular weight excluding hydrogens is 120 g/mol. The second kappa shape index (κ2) is 4.00. The Morgan fingerprint density at radius 1 is 1.30 bits per heavy atom. The van der Waals surface area contributed by atoms with Crippen LogP contribution in [-0.2, 0) is 0 Å². The number of hydrogen-bond acceptors (Lipinski definition) is 0. The Balaban J connectivity index is 2.53. The lowest BCUT2D eigenvalue weighted by Gasteiger charge is -2.22. The van der Waals surface area contributed by atoms with Gasteiger partial charge in [0.1, 0.15) is 0 Å². The summed E-state index contributed by atoms with van der Waals surface area (Å²) in [5, 5.41) is 0. The summed E-state index contributed by atoms with van der Waals surface area (Å²) in [6.45, 7) is 3.99. The van der Waals surface area contributed by atoms with E-state index in [1.165, 1.54) is 19.3 Å². The molecule has 0 N–H and O–H groups in total. The standard InChI is InChI=1S/C10H20/c1-9(2)8-10-6-4-3-5-7-10/h9-10H,3-8H2,1-2H3/i8D2. The second-order valence-corrected chi connectivity index (χ2v) is 3.66. The van der Waals surface area contributed by atoms with Crippen molar-refractivity contribution >= 4 is 0 Å². The van der Waals surface area contributed by atoms with Crippen molar-refractivity contribution in [1.29, 1.82) is 0 Å². The van der Waals surface area contributed by atoms with Crippen molar-refractivity contribution in [1.82, 2.24) is 0 Å². The van der Waals surface area contributed by atoms with Gasteiger partial charge in [0.25, 0.3) is 0 Å². The highest BCUT2D eigenvalue weighted by Gasteiger charge is 2.13. The van der Waals surface area contributed by atoms with Crippen LogP contribution in [0.4, 0.5) is 0 Å².